The molecule has 0 saturated heterocycles. The molecule has 0 saturated carbocycles. The molecule has 1 aromatic rings. The minimum Gasteiger partial charge on any atom is -0.369 e. The first-order valence-corrected chi connectivity index (χ1v) is 7.27. The van der Waals surface area contributed by atoms with Gasteiger partial charge in [-0.15, -0.1) is 0 Å². The van der Waals surface area contributed by atoms with Crippen LogP contribution in [0.4, 0.5) is 11.8 Å². The van der Waals surface area contributed by atoms with Crippen LogP contribution in [0.1, 0.15) is 6.42 Å². The molecule has 0 unspecified atom stereocenters. The zero-order valence-electron chi connectivity index (χ0n) is 9.27. The Morgan fingerprint density at radius 1 is 1.53 bits per heavy atom. The molecule has 1 rings (SSSR count). The van der Waals surface area contributed by atoms with Gasteiger partial charge in [0.05, 0.1) is 11.9 Å². The maximum Gasteiger partial charge on any atom is 0.239 e. The Morgan fingerprint density at radius 2 is 2.24 bits per heavy atom. The van der Waals surface area contributed by atoms with Crippen LogP contribution in [-0.2, 0) is 9.84 Å². The predicted molar refractivity (Wildman–Crippen MR) is 67.7 cm³/mol. The molecule has 0 radical (unpaired) electrons. The van der Waals surface area contributed by atoms with Crippen molar-refractivity contribution in [3.8, 4) is 0 Å². The molecule has 17 heavy (non-hydrogen) atoms. The molecule has 9 heteroatoms. The molecular weight excluding hydrogens is 266 g/mol. The summed E-state index contributed by atoms with van der Waals surface area (Å²) in [7, 11) is -2.94. The van der Waals surface area contributed by atoms with Gasteiger partial charge in [0.25, 0.3) is 0 Å². The molecule has 0 atom stereocenters. The van der Waals surface area contributed by atoms with E-state index in [9.17, 15) is 8.42 Å². The highest BCUT2D eigenvalue weighted by atomic mass is 35.5. The highest BCUT2D eigenvalue weighted by Gasteiger charge is 2.05. The Morgan fingerprint density at radius 3 is 2.82 bits per heavy atom. The minimum atomic E-state index is -2.94. The van der Waals surface area contributed by atoms with Crippen molar-refractivity contribution in [2.75, 3.05) is 29.3 Å². The van der Waals surface area contributed by atoms with Crippen LogP contribution in [0.25, 0.3) is 0 Å². The molecule has 0 bridgehead atoms. The molecule has 0 fully saturated rings. The average molecular weight is 280 g/mol. The van der Waals surface area contributed by atoms with Gasteiger partial charge in [-0.2, -0.15) is 4.98 Å². The van der Waals surface area contributed by atoms with E-state index < -0.39 is 9.84 Å². The third kappa shape index (κ3) is 5.16. The van der Waals surface area contributed by atoms with Crippen molar-refractivity contribution in [3.05, 3.63) is 11.2 Å². The van der Waals surface area contributed by atoms with Crippen molar-refractivity contribution in [2.24, 2.45) is 5.84 Å². The van der Waals surface area contributed by atoms with Gasteiger partial charge in [-0.25, -0.2) is 19.2 Å². The molecule has 0 amide bonds. The van der Waals surface area contributed by atoms with Gasteiger partial charge in [-0.05, 0) is 6.42 Å². The van der Waals surface area contributed by atoms with Crippen molar-refractivity contribution in [3.63, 3.8) is 0 Å². The van der Waals surface area contributed by atoms with E-state index in [4.69, 9.17) is 17.4 Å². The maximum atomic E-state index is 10.9. The minimum absolute atomic E-state index is 0.116. The van der Waals surface area contributed by atoms with Gasteiger partial charge in [-0.3, -0.25) is 5.43 Å². The average Bonchev–Trinajstić information content (AvgIpc) is 2.25. The summed E-state index contributed by atoms with van der Waals surface area (Å²) in [5.41, 5.74) is 2.29. The van der Waals surface area contributed by atoms with Gasteiger partial charge < -0.3 is 5.32 Å². The lowest BCUT2D eigenvalue weighted by molar-refractivity contribution is 0.600. The van der Waals surface area contributed by atoms with Crippen LogP contribution >= 0.6 is 11.6 Å². The molecule has 96 valence electrons. The second-order valence-corrected chi connectivity index (χ2v) is 6.11. The second kappa shape index (κ2) is 5.99. The fourth-order valence-corrected chi connectivity index (χ4v) is 1.93. The van der Waals surface area contributed by atoms with E-state index in [0.29, 0.717) is 23.8 Å². The topological polar surface area (TPSA) is 110 Å². The number of hydrogen-bond acceptors (Lipinski definition) is 7. The molecule has 0 aromatic carbocycles. The van der Waals surface area contributed by atoms with E-state index in [0.717, 1.165) is 0 Å². The molecule has 4 N–H and O–H groups in total. The molecule has 0 aliphatic heterocycles. The molecule has 0 aliphatic carbocycles. The van der Waals surface area contributed by atoms with E-state index in [1.165, 1.54) is 12.5 Å². The van der Waals surface area contributed by atoms with Gasteiger partial charge in [0.1, 0.15) is 14.9 Å². The van der Waals surface area contributed by atoms with Gasteiger partial charge in [0, 0.05) is 12.8 Å². The van der Waals surface area contributed by atoms with Crippen molar-refractivity contribution in [1.29, 1.82) is 0 Å². The van der Waals surface area contributed by atoms with Crippen LogP contribution in [0.3, 0.4) is 0 Å². The third-order valence-electron chi connectivity index (χ3n) is 1.86. The van der Waals surface area contributed by atoms with Gasteiger partial charge >= 0.3 is 0 Å². The van der Waals surface area contributed by atoms with Crippen molar-refractivity contribution in [2.45, 2.75) is 6.42 Å². The van der Waals surface area contributed by atoms with Crippen LogP contribution in [-0.4, -0.2) is 36.9 Å². The summed E-state index contributed by atoms with van der Waals surface area (Å²) in [6.07, 6.45) is 3.08. The number of nitrogens with two attached hydrogens (primary N) is 1. The van der Waals surface area contributed by atoms with Gasteiger partial charge in [-0.1, -0.05) is 11.6 Å². The normalized spacial score (nSPS) is 11.2. The fraction of sp³-hybridized carbons (Fsp3) is 0.500. The predicted octanol–water partition coefficient (Wildman–Crippen LogP) is 0.262. The first-order valence-electron chi connectivity index (χ1n) is 4.83. The molecule has 1 aromatic heterocycles. The number of nitrogens with zero attached hydrogens (tertiary/aromatic N) is 2. The standard InChI is InChI=1S/C8H14ClN5O2S/c1-17(15,16)4-2-3-11-7-6(9)5-12-8(13-7)14-10/h5H,2-4,10H2,1H3,(H2,11,12,13,14). The summed E-state index contributed by atoms with van der Waals surface area (Å²) >= 11 is 5.85. The third-order valence-corrected chi connectivity index (χ3v) is 3.16. The smallest absolute Gasteiger partial charge is 0.239 e. The highest BCUT2D eigenvalue weighted by Crippen LogP contribution is 2.18. The zero-order valence-corrected chi connectivity index (χ0v) is 10.8. The number of hydrogen-bond donors (Lipinski definition) is 3. The first kappa shape index (κ1) is 13.9. The molecular formula is C8H14ClN5O2S. The number of aromatic nitrogens is 2. The van der Waals surface area contributed by atoms with E-state index in [2.05, 4.69) is 20.7 Å². The summed E-state index contributed by atoms with van der Waals surface area (Å²) in [5, 5.41) is 3.27. The van der Waals surface area contributed by atoms with Crippen LogP contribution in [0.5, 0.6) is 0 Å². The Kier molecular flexibility index (Phi) is 4.91. The summed E-state index contributed by atoms with van der Waals surface area (Å²) in [6.45, 7) is 0.452. The lowest BCUT2D eigenvalue weighted by Gasteiger charge is -2.07. The maximum absolute atomic E-state index is 10.9. The van der Waals surface area contributed by atoms with Gasteiger partial charge in [0.2, 0.25) is 5.95 Å². The number of anilines is 2. The number of halogens is 1. The number of nitrogens with one attached hydrogen (secondary N) is 2. The largest absolute Gasteiger partial charge is 0.369 e. The van der Waals surface area contributed by atoms with E-state index >= 15 is 0 Å². The quantitative estimate of drug-likeness (QED) is 0.389. The monoisotopic (exact) mass is 279 g/mol. The Bertz CT molecular complexity index is 479. The zero-order chi connectivity index (χ0) is 12.9. The number of sulfone groups is 1. The van der Waals surface area contributed by atoms with Crippen molar-refractivity contribution in [1.82, 2.24) is 9.97 Å². The SMILES string of the molecule is CS(=O)(=O)CCCNc1nc(NN)ncc1Cl. The van der Waals surface area contributed by atoms with E-state index in [1.807, 2.05) is 0 Å². The second-order valence-electron chi connectivity index (χ2n) is 3.44. The lowest BCUT2D eigenvalue weighted by Crippen LogP contribution is -2.14. The molecule has 0 spiro atoms. The van der Waals surface area contributed by atoms with Crippen LogP contribution in [0.2, 0.25) is 5.02 Å². The summed E-state index contributed by atoms with van der Waals surface area (Å²) in [5.74, 6) is 5.93. The lowest BCUT2D eigenvalue weighted by atomic mass is 10.4. The molecule has 0 aliphatic rings. The Hall–Kier alpha value is -1.12. The van der Waals surface area contributed by atoms with Crippen LogP contribution < -0.4 is 16.6 Å². The Balaban J connectivity index is 2.51. The molecule has 1 heterocycles. The fourth-order valence-electron chi connectivity index (χ4n) is 1.10. The van der Waals surface area contributed by atoms with Gasteiger partial charge in [0.15, 0.2) is 5.82 Å². The summed E-state index contributed by atoms with van der Waals surface area (Å²) in [6, 6.07) is 0. The Labute approximate surface area is 105 Å². The van der Waals surface area contributed by atoms with Crippen molar-refractivity contribution < 1.29 is 8.42 Å². The first-order chi connectivity index (χ1) is 7.92. The summed E-state index contributed by atoms with van der Waals surface area (Å²) < 4.78 is 21.8. The van der Waals surface area contributed by atoms with E-state index in [-0.39, 0.29) is 11.7 Å². The number of hydrazine groups is 1. The van der Waals surface area contributed by atoms with Crippen molar-refractivity contribution >= 4 is 33.2 Å². The van der Waals surface area contributed by atoms with Crippen LogP contribution in [0, 0.1) is 0 Å². The number of nitrogen functional groups attached to an aromatic ring is 1. The number of rotatable bonds is 6. The highest BCUT2D eigenvalue weighted by molar-refractivity contribution is 7.90. The molecule has 7 nitrogen and oxygen atoms in total. The van der Waals surface area contributed by atoms with E-state index in [1.54, 1.807) is 0 Å². The summed E-state index contributed by atoms with van der Waals surface area (Å²) in [4.78, 5) is 7.79. The van der Waals surface area contributed by atoms with Crippen LogP contribution in [0.15, 0.2) is 6.20 Å².